The lowest BCUT2D eigenvalue weighted by molar-refractivity contribution is -0.129. The van der Waals surface area contributed by atoms with Crippen LogP contribution in [0.15, 0.2) is 54.7 Å². The van der Waals surface area contributed by atoms with Crippen LogP contribution in [0.2, 0.25) is 0 Å². The quantitative estimate of drug-likeness (QED) is 0.537. The molecule has 1 fully saturated rings. The highest BCUT2D eigenvalue weighted by Gasteiger charge is 2.16. The van der Waals surface area contributed by atoms with Crippen LogP contribution >= 0.6 is 0 Å². The van der Waals surface area contributed by atoms with Crippen LogP contribution in [0.4, 0.5) is 16.2 Å². The molecule has 2 aromatic carbocycles. The van der Waals surface area contributed by atoms with Crippen LogP contribution in [-0.2, 0) is 22.7 Å². The monoisotopic (exact) mass is 448 g/mol. The third-order valence-electron chi connectivity index (χ3n) is 5.63. The van der Waals surface area contributed by atoms with Crippen LogP contribution < -0.4 is 20.9 Å². The topological polar surface area (TPSA) is 98.7 Å². The van der Waals surface area contributed by atoms with E-state index in [1.165, 1.54) is 0 Å². The number of amides is 4. The molecule has 0 atom stereocenters. The molecule has 0 unspecified atom stereocenters. The van der Waals surface area contributed by atoms with Crippen molar-refractivity contribution in [2.75, 3.05) is 43.9 Å². The van der Waals surface area contributed by atoms with E-state index in [4.69, 9.17) is 0 Å². The van der Waals surface area contributed by atoms with E-state index in [0.29, 0.717) is 25.3 Å². The van der Waals surface area contributed by atoms with Crippen molar-refractivity contribution in [2.45, 2.75) is 13.1 Å². The fourth-order valence-corrected chi connectivity index (χ4v) is 3.74. The number of carbonyl (C=O) groups excluding carboxylic acids is 3. The Bertz CT molecular complexity index is 1170. The lowest BCUT2D eigenvalue weighted by atomic mass is 10.2. The first kappa shape index (κ1) is 22.2. The van der Waals surface area contributed by atoms with Crippen molar-refractivity contribution in [3.05, 3.63) is 60.3 Å². The summed E-state index contributed by atoms with van der Waals surface area (Å²) in [4.78, 5) is 39.5. The molecule has 0 aliphatic carbocycles. The molecular formula is C24H28N6O3. The van der Waals surface area contributed by atoms with Gasteiger partial charge in [-0.05, 0) is 42.0 Å². The number of likely N-dealkylation sites (N-methyl/N-ethyl adjacent to an activating group) is 1. The Hall–Kier alpha value is -4.01. The molecule has 3 aromatic rings. The minimum Gasteiger partial charge on any atom is -0.360 e. The number of nitrogens with zero attached hydrogens (tertiary/aromatic N) is 3. The number of aromatic nitrogens is 1. The van der Waals surface area contributed by atoms with Crippen molar-refractivity contribution < 1.29 is 14.4 Å². The van der Waals surface area contributed by atoms with E-state index >= 15 is 0 Å². The molecule has 1 aliphatic rings. The summed E-state index contributed by atoms with van der Waals surface area (Å²) in [5.41, 5.74) is 3.57. The Morgan fingerprint density at radius 3 is 2.61 bits per heavy atom. The van der Waals surface area contributed by atoms with Gasteiger partial charge in [-0.3, -0.25) is 9.59 Å². The van der Waals surface area contributed by atoms with Crippen LogP contribution in [0, 0.1) is 0 Å². The Labute approximate surface area is 192 Å². The van der Waals surface area contributed by atoms with Gasteiger partial charge in [0, 0.05) is 62.2 Å². The summed E-state index contributed by atoms with van der Waals surface area (Å²) in [6.45, 7) is 2.45. The first-order chi connectivity index (χ1) is 15.9. The second kappa shape index (κ2) is 9.64. The number of benzene rings is 2. The van der Waals surface area contributed by atoms with Gasteiger partial charge < -0.3 is 30.3 Å². The number of fused-ring (bicyclic) bond motifs is 1. The van der Waals surface area contributed by atoms with Gasteiger partial charge >= 0.3 is 6.03 Å². The molecule has 1 aromatic heterocycles. The van der Waals surface area contributed by atoms with Gasteiger partial charge in [-0.2, -0.15) is 0 Å². The van der Waals surface area contributed by atoms with Gasteiger partial charge in [0.2, 0.25) is 11.8 Å². The number of piperazine rings is 1. The molecule has 0 radical (unpaired) electrons. The summed E-state index contributed by atoms with van der Waals surface area (Å²) in [6.07, 6.45) is 1.87. The second-order valence-electron chi connectivity index (χ2n) is 8.25. The molecule has 0 saturated carbocycles. The third kappa shape index (κ3) is 5.43. The first-order valence-corrected chi connectivity index (χ1v) is 10.8. The number of carbonyl (C=O) groups is 3. The second-order valence-corrected chi connectivity index (χ2v) is 8.25. The van der Waals surface area contributed by atoms with Crippen molar-refractivity contribution in [2.24, 2.45) is 0 Å². The van der Waals surface area contributed by atoms with E-state index in [-0.39, 0.29) is 24.4 Å². The predicted octanol–water partition coefficient (Wildman–Crippen LogP) is 1.99. The van der Waals surface area contributed by atoms with Crippen molar-refractivity contribution in [1.29, 1.82) is 0 Å². The molecule has 33 heavy (non-hydrogen) atoms. The zero-order valence-electron chi connectivity index (χ0n) is 18.8. The standard InChI is InChI=1S/C24H28N6O3/c1-28(2)23(32)16-30-11-9-18-13-19(5-8-21(18)30)27-24(33)26-14-17-3-6-20(7-4-17)29-12-10-25-22(31)15-29/h3-9,11,13H,10,12,14-16H2,1-2H3,(H,25,31)(H2,26,27,33). The van der Waals surface area contributed by atoms with E-state index in [1.54, 1.807) is 19.0 Å². The van der Waals surface area contributed by atoms with Crippen molar-refractivity contribution >= 4 is 40.1 Å². The van der Waals surface area contributed by atoms with Gasteiger partial charge in [0.05, 0.1) is 6.54 Å². The zero-order chi connectivity index (χ0) is 23.4. The van der Waals surface area contributed by atoms with Gasteiger partial charge in [-0.25, -0.2) is 4.79 Å². The minimum absolute atomic E-state index is 0.0172. The van der Waals surface area contributed by atoms with Gasteiger partial charge in [0.25, 0.3) is 0 Å². The SMILES string of the molecule is CN(C)C(=O)Cn1ccc2cc(NC(=O)NCc3ccc(N4CCNC(=O)C4)cc3)ccc21. The molecule has 1 saturated heterocycles. The molecule has 3 N–H and O–H groups in total. The average Bonchev–Trinajstić information content (AvgIpc) is 3.20. The predicted molar refractivity (Wildman–Crippen MR) is 128 cm³/mol. The highest BCUT2D eigenvalue weighted by Crippen LogP contribution is 2.21. The fourth-order valence-electron chi connectivity index (χ4n) is 3.74. The first-order valence-electron chi connectivity index (χ1n) is 10.8. The maximum atomic E-state index is 12.4. The summed E-state index contributed by atoms with van der Waals surface area (Å²) in [5, 5.41) is 9.48. The Kier molecular flexibility index (Phi) is 6.48. The van der Waals surface area contributed by atoms with Crippen molar-refractivity contribution in [3.8, 4) is 0 Å². The maximum absolute atomic E-state index is 12.4. The Balaban J connectivity index is 1.31. The van der Waals surface area contributed by atoms with Crippen LogP contribution in [-0.4, -0.2) is 61.0 Å². The highest BCUT2D eigenvalue weighted by molar-refractivity contribution is 5.93. The fraction of sp³-hybridized carbons (Fsp3) is 0.292. The molecule has 2 heterocycles. The molecule has 4 amide bonds. The highest BCUT2D eigenvalue weighted by atomic mass is 16.2. The summed E-state index contributed by atoms with van der Waals surface area (Å²) < 4.78 is 1.89. The van der Waals surface area contributed by atoms with Crippen LogP contribution in [0.3, 0.4) is 0 Å². The molecule has 9 nitrogen and oxygen atoms in total. The normalized spacial score (nSPS) is 13.5. The van der Waals surface area contributed by atoms with E-state index in [2.05, 4.69) is 16.0 Å². The number of hydrogen-bond acceptors (Lipinski definition) is 4. The summed E-state index contributed by atoms with van der Waals surface area (Å²) in [6, 6.07) is 15.1. The van der Waals surface area contributed by atoms with Crippen LogP contribution in [0.25, 0.3) is 10.9 Å². The van der Waals surface area contributed by atoms with Gasteiger partial charge in [0.1, 0.15) is 6.54 Å². The maximum Gasteiger partial charge on any atom is 0.319 e. The summed E-state index contributed by atoms with van der Waals surface area (Å²) in [7, 11) is 3.47. The lowest BCUT2D eigenvalue weighted by Crippen LogP contribution is -2.47. The van der Waals surface area contributed by atoms with Crippen molar-refractivity contribution in [3.63, 3.8) is 0 Å². The Morgan fingerprint density at radius 1 is 1.09 bits per heavy atom. The van der Waals surface area contributed by atoms with Gasteiger partial charge in [-0.15, -0.1) is 0 Å². The van der Waals surface area contributed by atoms with Gasteiger partial charge in [-0.1, -0.05) is 12.1 Å². The van der Waals surface area contributed by atoms with E-state index in [0.717, 1.165) is 28.7 Å². The molecule has 0 bridgehead atoms. The van der Waals surface area contributed by atoms with E-state index in [9.17, 15) is 14.4 Å². The number of urea groups is 1. The molecular weight excluding hydrogens is 420 g/mol. The smallest absolute Gasteiger partial charge is 0.319 e. The number of nitrogens with one attached hydrogen (secondary N) is 3. The van der Waals surface area contributed by atoms with Crippen LogP contribution in [0.5, 0.6) is 0 Å². The molecule has 9 heteroatoms. The molecule has 172 valence electrons. The number of hydrogen-bond donors (Lipinski definition) is 3. The molecule has 0 spiro atoms. The Morgan fingerprint density at radius 2 is 1.88 bits per heavy atom. The molecule has 4 rings (SSSR count). The number of anilines is 2. The summed E-state index contributed by atoms with van der Waals surface area (Å²) >= 11 is 0. The average molecular weight is 449 g/mol. The lowest BCUT2D eigenvalue weighted by Gasteiger charge is -2.28. The van der Waals surface area contributed by atoms with E-state index < -0.39 is 0 Å². The molecule has 1 aliphatic heterocycles. The zero-order valence-corrected chi connectivity index (χ0v) is 18.8. The number of rotatable bonds is 6. The van der Waals surface area contributed by atoms with E-state index in [1.807, 2.05) is 64.2 Å². The van der Waals surface area contributed by atoms with Gasteiger partial charge in [0.15, 0.2) is 0 Å². The minimum atomic E-state index is -0.298. The van der Waals surface area contributed by atoms with Crippen molar-refractivity contribution in [1.82, 2.24) is 20.1 Å². The largest absolute Gasteiger partial charge is 0.360 e. The summed E-state index contributed by atoms with van der Waals surface area (Å²) in [5.74, 6) is 0.0454. The van der Waals surface area contributed by atoms with Crippen LogP contribution in [0.1, 0.15) is 5.56 Å². The third-order valence-corrected chi connectivity index (χ3v) is 5.63.